The number of alkyl halides is 3. The van der Waals surface area contributed by atoms with Crippen LogP contribution in [0.1, 0.15) is 15.9 Å². The van der Waals surface area contributed by atoms with Crippen molar-refractivity contribution in [3.63, 3.8) is 0 Å². The number of hydrogen-bond acceptors (Lipinski definition) is 3. The van der Waals surface area contributed by atoms with Crippen LogP contribution in [0.2, 0.25) is 0 Å². The summed E-state index contributed by atoms with van der Waals surface area (Å²) in [5.74, 6) is -0.573. The number of carbonyl (C=O) groups is 1. The van der Waals surface area contributed by atoms with Gasteiger partial charge >= 0.3 is 6.36 Å². The van der Waals surface area contributed by atoms with Crippen LogP contribution < -0.4 is 10.1 Å². The zero-order valence-corrected chi connectivity index (χ0v) is 14.0. The second kappa shape index (κ2) is 7.90. The van der Waals surface area contributed by atoms with Gasteiger partial charge in [0, 0.05) is 24.5 Å². The number of ether oxygens (including phenoxy) is 1. The van der Waals surface area contributed by atoms with E-state index in [0.29, 0.717) is 11.1 Å². The van der Waals surface area contributed by atoms with Crippen molar-refractivity contribution in [2.45, 2.75) is 12.9 Å². The van der Waals surface area contributed by atoms with Crippen LogP contribution in [0.15, 0.2) is 73.1 Å². The number of halogens is 3. The Morgan fingerprint density at radius 1 is 0.889 bits per heavy atom. The van der Waals surface area contributed by atoms with E-state index >= 15 is 0 Å². The first-order valence-corrected chi connectivity index (χ1v) is 8.04. The molecule has 0 saturated carbocycles. The van der Waals surface area contributed by atoms with Gasteiger partial charge in [0.2, 0.25) is 0 Å². The summed E-state index contributed by atoms with van der Waals surface area (Å²) in [6, 6.07) is 16.2. The summed E-state index contributed by atoms with van der Waals surface area (Å²) >= 11 is 0. The molecule has 0 atom stereocenters. The Balaban J connectivity index is 1.58. The van der Waals surface area contributed by atoms with Crippen LogP contribution in [0, 0.1) is 0 Å². The predicted octanol–water partition coefficient (Wildman–Crippen LogP) is 4.58. The maximum atomic E-state index is 12.2. The van der Waals surface area contributed by atoms with Crippen LogP contribution in [0.25, 0.3) is 11.1 Å². The van der Waals surface area contributed by atoms with Crippen LogP contribution in [0.4, 0.5) is 13.2 Å². The van der Waals surface area contributed by atoms with Gasteiger partial charge in [0.05, 0.1) is 0 Å². The molecule has 1 heterocycles. The maximum Gasteiger partial charge on any atom is 0.573 e. The number of pyridine rings is 1. The summed E-state index contributed by atoms with van der Waals surface area (Å²) in [7, 11) is 0. The second-order valence-electron chi connectivity index (χ2n) is 5.69. The smallest absolute Gasteiger partial charge is 0.406 e. The molecule has 0 aliphatic carbocycles. The van der Waals surface area contributed by atoms with E-state index in [2.05, 4.69) is 15.0 Å². The van der Waals surface area contributed by atoms with Gasteiger partial charge in [-0.05, 0) is 53.1 Å². The van der Waals surface area contributed by atoms with Crippen LogP contribution in [0.5, 0.6) is 5.75 Å². The summed E-state index contributed by atoms with van der Waals surface area (Å²) < 4.78 is 40.2. The molecular weight excluding hydrogens is 357 g/mol. The standard InChI is InChI=1S/C20H15F3N2O2/c21-20(22,23)27-18-7-1-14(2-8-18)13-25-19(26)17-5-3-15(4-6-17)16-9-11-24-12-10-16/h1-12H,13H2,(H,25,26). The average Bonchev–Trinajstić information content (AvgIpc) is 2.67. The molecule has 138 valence electrons. The van der Waals surface area contributed by atoms with E-state index in [1.165, 1.54) is 24.3 Å². The van der Waals surface area contributed by atoms with Gasteiger partial charge < -0.3 is 10.1 Å². The molecular formula is C20H15F3N2O2. The highest BCUT2D eigenvalue weighted by Gasteiger charge is 2.30. The number of nitrogens with zero attached hydrogens (tertiary/aromatic N) is 1. The van der Waals surface area contributed by atoms with Gasteiger partial charge in [-0.2, -0.15) is 0 Å². The van der Waals surface area contributed by atoms with Gasteiger partial charge in [-0.15, -0.1) is 13.2 Å². The normalized spacial score (nSPS) is 11.1. The maximum absolute atomic E-state index is 12.2. The molecule has 0 radical (unpaired) electrons. The largest absolute Gasteiger partial charge is 0.573 e. The fourth-order valence-corrected chi connectivity index (χ4v) is 2.45. The lowest BCUT2D eigenvalue weighted by atomic mass is 10.0. The van der Waals surface area contributed by atoms with Gasteiger partial charge in [0.25, 0.3) is 5.91 Å². The molecule has 1 aromatic heterocycles. The molecule has 0 saturated heterocycles. The highest BCUT2D eigenvalue weighted by Crippen LogP contribution is 2.23. The highest BCUT2D eigenvalue weighted by molar-refractivity contribution is 5.94. The average molecular weight is 372 g/mol. The Hall–Kier alpha value is -3.35. The van der Waals surface area contributed by atoms with E-state index in [4.69, 9.17) is 0 Å². The molecule has 1 amide bonds. The summed E-state index contributed by atoms with van der Waals surface area (Å²) in [5.41, 5.74) is 3.11. The van der Waals surface area contributed by atoms with Crippen molar-refractivity contribution in [2.75, 3.05) is 0 Å². The quantitative estimate of drug-likeness (QED) is 0.713. The predicted molar refractivity (Wildman–Crippen MR) is 94.0 cm³/mol. The molecule has 0 aliphatic rings. The first-order chi connectivity index (χ1) is 12.9. The SMILES string of the molecule is O=C(NCc1ccc(OC(F)(F)F)cc1)c1ccc(-c2ccncc2)cc1. The molecule has 0 aliphatic heterocycles. The first kappa shape index (κ1) is 18.4. The minimum absolute atomic E-state index is 0.192. The molecule has 1 N–H and O–H groups in total. The minimum atomic E-state index is -4.72. The van der Waals surface area contributed by atoms with Crippen molar-refractivity contribution in [1.82, 2.24) is 10.3 Å². The number of rotatable bonds is 5. The van der Waals surface area contributed by atoms with Gasteiger partial charge in [0.1, 0.15) is 5.75 Å². The number of nitrogens with one attached hydrogen (secondary N) is 1. The first-order valence-electron chi connectivity index (χ1n) is 8.04. The third-order valence-corrected chi connectivity index (χ3v) is 3.77. The fraction of sp³-hybridized carbons (Fsp3) is 0.100. The van der Waals surface area contributed by atoms with Crippen molar-refractivity contribution in [2.24, 2.45) is 0 Å². The molecule has 0 bridgehead atoms. The van der Waals surface area contributed by atoms with E-state index < -0.39 is 6.36 Å². The van der Waals surface area contributed by atoms with Crippen molar-refractivity contribution >= 4 is 5.91 Å². The highest BCUT2D eigenvalue weighted by atomic mass is 19.4. The van der Waals surface area contributed by atoms with Crippen LogP contribution in [-0.4, -0.2) is 17.3 Å². The zero-order valence-electron chi connectivity index (χ0n) is 14.0. The van der Waals surface area contributed by atoms with Crippen molar-refractivity contribution in [3.05, 3.63) is 84.2 Å². The topological polar surface area (TPSA) is 51.2 Å². The molecule has 0 spiro atoms. The molecule has 3 aromatic rings. The monoisotopic (exact) mass is 372 g/mol. The molecule has 27 heavy (non-hydrogen) atoms. The summed E-state index contributed by atoms with van der Waals surface area (Å²) in [5, 5.41) is 2.73. The Morgan fingerprint density at radius 2 is 1.48 bits per heavy atom. The van der Waals surface area contributed by atoms with Gasteiger partial charge in [-0.1, -0.05) is 24.3 Å². The van der Waals surface area contributed by atoms with Crippen LogP contribution >= 0.6 is 0 Å². The van der Waals surface area contributed by atoms with E-state index in [1.54, 1.807) is 24.5 Å². The van der Waals surface area contributed by atoms with Crippen molar-refractivity contribution in [1.29, 1.82) is 0 Å². The van der Waals surface area contributed by atoms with Crippen molar-refractivity contribution < 1.29 is 22.7 Å². The number of aromatic nitrogens is 1. The van der Waals surface area contributed by atoms with E-state index in [1.807, 2.05) is 24.3 Å². The number of benzene rings is 2. The summed E-state index contributed by atoms with van der Waals surface area (Å²) in [6.07, 6.45) is -1.33. The molecule has 3 rings (SSSR count). The number of carbonyl (C=O) groups excluding carboxylic acids is 1. The van der Waals surface area contributed by atoms with E-state index in [0.717, 1.165) is 11.1 Å². The second-order valence-corrected chi connectivity index (χ2v) is 5.69. The number of amides is 1. The summed E-state index contributed by atoms with van der Waals surface area (Å²) in [4.78, 5) is 16.2. The Labute approximate surface area is 153 Å². The molecule has 4 nitrogen and oxygen atoms in total. The third-order valence-electron chi connectivity index (χ3n) is 3.77. The Kier molecular flexibility index (Phi) is 5.40. The van der Waals surface area contributed by atoms with Gasteiger partial charge in [0.15, 0.2) is 0 Å². The molecule has 7 heteroatoms. The summed E-state index contributed by atoms with van der Waals surface area (Å²) in [6.45, 7) is 0.192. The third kappa shape index (κ3) is 5.31. The molecule has 0 fully saturated rings. The zero-order chi connectivity index (χ0) is 19.3. The van der Waals surface area contributed by atoms with Crippen LogP contribution in [-0.2, 0) is 6.54 Å². The van der Waals surface area contributed by atoms with Crippen LogP contribution in [0.3, 0.4) is 0 Å². The van der Waals surface area contributed by atoms with Gasteiger partial charge in [-0.3, -0.25) is 9.78 Å². The molecule has 0 unspecified atom stereocenters. The van der Waals surface area contributed by atoms with E-state index in [-0.39, 0.29) is 18.2 Å². The Bertz CT molecular complexity index is 893. The fourth-order valence-electron chi connectivity index (χ4n) is 2.45. The lowest BCUT2D eigenvalue weighted by Gasteiger charge is -2.10. The lowest BCUT2D eigenvalue weighted by molar-refractivity contribution is -0.274. The van der Waals surface area contributed by atoms with E-state index in [9.17, 15) is 18.0 Å². The minimum Gasteiger partial charge on any atom is -0.406 e. The molecule has 2 aromatic carbocycles. The Morgan fingerprint density at radius 3 is 2.07 bits per heavy atom. The van der Waals surface area contributed by atoms with Crippen molar-refractivity contribution in [3.8, 4) is 16.9 Å². The lowest BCUT2D eigenvalue weighted by Crippen LogP contribution is -2.22. The van der Waals surface area contributed by atoms with Gasteiger partial charge in [-0.25, -0.2) is 0 Å². The number of hydrogen-bond donors (Lipinski definition) is 1.